The van der Waals surface area contributed by atoms with Gasteiger partial charge >= 0.3 is 0 Å². The van der Waals surface area contributed by atoms with Gasteiger partial charge in [-0.05, 0) is 43.3 Å². The summed E-state index contributed by atoms with van der Waals surface area (Å²) in [6.07, 6.45) is 3.43. The van der Waals surface area contributed by atoms with Crippen LogP contribution in [0.2, 0.25) is 5.02 Å². The van der Waals surface area contributed by atoms with Crippen molar-refractivity contribution in [2.45, 2.75) is 13.0 Å². The number of nitrogens with one attached hydrogen (secondary N) is 1. The van der Waals surface area contributed by atoms with Gasteiger partial charge in [0.15, 0.2) is 0 Å². The molecule has 0 saturated heterocycles. The number of rotatable bonds is 3. The lowest BCUT2D eigenvalue weighted by atomic mass is 9.97. The smallest absolute Gasteiger partial charge is 0.0953 e. The Hall–Kier alpha value is -1.25. The highest BCUT2D eigenvalue weighted by atomic mass is 35.5. The van der Waals surface area contributed by atoms with Gasteiger partial charge in [-0.25, -0.2) is 0 Å². The number of halogens is 1. The van der Waals surface area contributed by atoms with E-state index < -0.39 is 0 Å². The summed E-state index contributed by atoms with van der Waals surface area (Å²) >= 11 is 6.03. The zero-order valence-corrected chi connectivity index (χ0v) is 10.1. The Bertz CT molecular complexity index is 465. The molecule has 84 valence electrons. The second-order valence-electron chi connectivity index (χ2n) is 3.78. The standard InChI is InChI=1S/C13H14ClNO/c1-9-3-4-11(14)7-12(9)13(15-2)10-5-6-16-8-10/h3-8,13,15H,1-2H3. The van der Waals surface area contributed by atoms with Crippen molar-refractivity contribution in [3.8, 4) is 0 Å². The summed E-state index contributed by atoms with van der Waals surface area (Å²) in [5, 5.41) is 4.02. The van der Waals surface area contributed by atoms with Crippen molar-refractivity contribution in [2.75, 3.05) is 7.05 Å². The average molecular weight is 236 g/mol. The SMILES string of the molecule is CNC(c1ccoc1)c1cc(Cl)ccc1C. The van der Waals surface area contributed by atoms with E-state index in [1.807, 2.05) is 31.3 Å². The van der Waals surface area contributed by atoms with E-state index in [0.717, 1.165) is 10.6 Å². The molecule has 2 rings (SSSR count). The molecule has 2 nitrogen and oxygen atoms in total. The fraction of sp³-hybridized carbons (Fsp3) is 0.231. The first-order chi connectivity index (χ1) is 7.72. The van der Waals surface area contributed by atoms with E-state index in [0.29, 0.717) is 0 Å². The van der Waals surface area contributed by atoms with Gasteiger partial charge in [-0.15, -0.1) is 0 Å². The van der Waals surface area contributed by atoms with E-state index in [2.05, 4.69) is 12.2 Å². The number of benzene rings is 1. The summed E-state index contributed by atoms with van der Waals surface area (Å²) in [6, 6.07) is 8.01. The minimum atomic E-state index is 0.123. The van der Waals surface area contributed by atoms with Crippen LogP contribution in [0.5, 0.6) is 0 Å². The van der Waals surface area contributed by atoms with Crippen molar-refractivity contribution < 1.29 is 4.42 Å². The molecule has 3 heteroatoms. The number of hydrogen-bond acceptors (Lipinski definition) is 2. The highest BCUT2D eigenvalue weighted by Gasteiger charge is 2.15. The summed E-state index contributed by atoms with van der Waals surface area (Å²) < 4.78 is 5.12. The maximum absolute atomic E-state index is 6.03. The molecule has 0 amide bonds. The molecule has 0 fully saturated rings. The molecule has 0 spiro atoms. The molecular formula is C13H14ClNO. The largest absolute Gasteiger partial charge is 0.472 e. The van der Waals surface area contributed by atoms with Crippen molar-refractivity contribution in [3.63, 3.8) is 0 Å². The predicted octanol–water partition coefficient (Wildman–Crippen LogP) is 3.55. The minimum absolute atomic E-state index is 0.123. The number of hydrogen-bond donors (Lipinski definition) is 1. The molecule has 0 radical (unpaired) electrons. The average Bonchev–Trinajstić information content (AvgIpc) is 2.78. The third-order valence-corrected chi connectivity index (χ3v) is 2.95. The molecule has 1 N–H and O–H groups in total. The van der Waals surface area contributed by atoms with Crippen molar-refractivity contribution in [1.82, 2.24) is 5.32 Å². The Morgan fingerprint density at radius 2 is 2.12 bits per heavy atom. The Labute approximate surface area is 100 Å². The van der Waals surface area contributed by atoms with E-state index in [9.17, 15) is 0 Å². The highest BCUT2D eigenvalue weighted by molar-refractivity contribution is 6.30. The first kappa shape index (κ1) is 11.2. The molecule has 1 heterocycles. The molecular weight excluding hydrogens is 222 g/mol. The molecule has 1 unspecified atom stereocenters. The van der Waals surface area contributed by atoms with Crippen LogP contribution in [0.25, 0.3) is 0 Å². The summed E-state index contributed by atoms with van der Waals surface area (Å²) in [4.78, 5) is 0. The Balaban J connectivity index is 2.44. The summed E-state index contributed by atoms with van der Waals surface area (Å²) in [5.74, 6) is 0. The second kappa shape index (κ2) is 4.73. The fourth-order valence-corrected chi connectivity index (χ4v) is 2.04. The van der Waals surface area contributed by atoms with Gasteiger partial charge in [-0.3, -0.25) is 0 Å². The van der Waals surface area contributed by atoms with Crippen molar-refractivity contribution in [1.29, 1.82) is 0 Å². The van der Waals surface area contributed by atoms with Crippen LogP contribution in [0.3, 0.4) is 0 Å². The molecule has 0 aliphatic heterocycles. The molecule has 0 aliphatic carbocycles. The van der Waals surface area contributed by atoms with Gasteiger partial charge in [0.1, 0.15) is 0 Å². The zero-order valence-electron chi connectivity index (χ0n) is 9.33. The third-order valence-electron chi connectivity index (χ3n) is 2.72. The summed E-state index contributed by atoms with van der Waals surface area (Å²) in [5.41, 5.74) is 3.49. The summed E-state index contributed by atoms with van der Waals surface area (Å²) in [7, 11) is 1.93. The van der Waals surface area contributed by atoms with Crippen LogP contribution in [0.1, 0.15) is 22.7 Å². The zero-order chi connectivity index (χ0) is 11.5. The molecule has 0 aliphatic rings. The summed E-state index contributed by atoms with van der Waals surface area (Å²) in [6.45, 7) is 2.08. The Kier molecular flexibility index (Phi) is 3.32. The molecule has 1 aromatic heterocycles. The first-order valence-corrected chi connectivity index (χ1v) is 5.55. The van der Waals surface area contributed by atoms with Crippen LogP contribution >= 0.6 is 11.6 Å². The lowest BCUT2D eigenvalue weighted by molar-refractivity contribution is 0.557. The maximum atomic E-state index is 6.03. The normalized spacial score (nSPS) is 12.7. The lowest BCUT2D eigenvalue weighted by Crippen LogP contribution is -2.18. The molecule has 16 heavy (non-hydrogen) atoms. The molecule has 0 saturated carbocycles. The predicted molar refractivity (Wildman–Crippen MR) is 65.8 cm³/mol. The van der Waals surface area contributed by atoms with Crippen LogP contribution in [0.4, 0.5) is 0 Å². The van der Waals surface area contributed by atoms with Crippen LogP contribution in [-0.2, 0) is 0 Å². The van der Waals surface area contributed by atoms with E-state index in [4.69, 9.17) is 16.0 Å². The lowest BCUT2D eigenvalue weighted by Gasteiger charge is -2.17. The molecule has 1 atom stereocenters. The molecule has 0 bridgehead atoms. The minimum Gasteiger partial charge on any atom is -0.472 e. The van der Waals surface area contributed by atoms with Crippen LogP contribution < -0.4 is 5.32 Å². The fourth-order valence-electron chi connectivity index (χ4n) is 1.86. The number of furan rings is 1. The molecule has 1 aromatic carbocycles. The maximum Gasteiger partial charge on any atom is 0.0953 e. The van der Waals surface area contributed by atoms with Gasteiger partial charge in [-0.1, -0.05) is 17.7 Å². The van der Waals surface area contributed by atoms with Crippen molar-refractivity contribution in [2.24, 2.45) is 0 Å². The van der Waals surface area contributed by atoms with Gasteiger partial charge < -0.3 is 9.73 Å². The van der Waals surface area contributed by atoms with Crippen molar-refractivity contribution in [3.05, 3.63) is 58.5 Å². The topological polar surface area (TPSA) is 25.2 Å². The van der Waals surface area contributed by atoms with E-state index >= 15 is 0 Å². The van der Waals surface area contributed by atoms with Gasteiger partial charge in [0.2, 0.25) is 0 Å². The quantitative estimate of drug-likeness (QED) is 0.880. The van der Waals surface area contributed by atoms with Gasteiger partial charge in [-0.2, -0.15) is 0 Å². The van der Waals surface area contributed by atoms with Crippen molar-refractivity contribution >= 4 is 11.6 Å². The van der Waals surface area contributed by atoms with Crippen LogP contribution in [-0.4, -0.2) is 7.05 Å². The van der Waals surface area contributed by atoms with Gasteiger partial charge in [0.25, 0.3) is 0 Å². The van der Waals surface area contributed by atoms with Crippen LogP contribution in [0.15, 0.2) is 41.2 Å². The first-order valence-electron chi connectivity index (χ1n) is 5.18. The van der Waals surface area contributed by atoms with Gasteiger partial charge in [0, 0.05) is 10.6 Å². The second-order valence-corrected chi connectivity index (χ2v) is 4.22. The molecule has 2 aromatic rings. The van der Waals surface area contributed by atoms with E-state index in [-0.39, 0.29) is 6.04 Å². The Morgan fingerprint density at radius 1 is 1.31 bits per heavy atom. The number of aryl methyl sites for hydroxylation is 1. The Morgan fingerprint density at radius 3 is 2.75 bits per heavy atom. The van der Waals surface area contributed by atoms with E-state index in [1.165, 1.54) is 11.1 Å². The highest BCUT2D eigenvalue weighted by Crippen LogP contribution is 2.27. The van der Waals surface area contributed by atoms with E-state index in [1.54, 1.807) is 12.5 Å². The third kappa shape index (κ3) is 2.13. The monoisotopic (exact) mass is 235 g/mol. The van der Waals surface area contributed by atoms with Crippen LogP contribution in [0, 0.1) is 6.92 Å². The van der Waals surface area contributed by atoms with Gasteiger partial charge in [0.05, 0.1) is 18.6 Å².